The van der Waals surface area contributed by atoms with Crippen molar-refractivity contribution in [2.75, 3.05) is 24.4 Å². The monoisotopic (exact) mass is 361 g/mol. The van der Waals surface area contributed by atoms with E-state index in [9.17, 15) is 4.79 Å². The molecule has 0 aliphatic carbocycles. The van der Waals surface area contributed by atoms with E-state index < -0.39 is 6.04 Å². The molecule has 1 amide bonds. The third kappa shape index (κ3) is 5.95. The molecule has 0 aliphatic heterocycles. The lowest BCUT2D eigenvalue weighted by molar-refractivity contribution is -0.117. The summed E-state index contributed by atoms with van der Waals surface area (Å²) in [5, 5.41) is 2.82. The molecule has 0 saturated carbocycles. The van der Waals surface area contributed by atoms with E-state index in [1.54, 1.807) is 49.5 Å². The highest BCUT2D eigenvalue weighted by Crippen LogP contribution is 2.31. The van der Waals surface area contributed by atoms with Crippen LogP contribution in [-0.2, 0) is 11.4 Å². The molecule has 0 spiro atoms. The van der Waals surface area contributed by atoms with Crippen molar-refractivity contribution in [3.8, 4) is 11.5 Å². The fraction of sp³-hybridized carbons (Fsp3) is 0.333. The van der Waals surface area contributed by atoms with Gasteiger partial charge in [-0.3, -0.25) is 9.78 Å². The number of nitrogens with two attached hydrogens (primary N) is 1. The number of methoxy groups -OCH3 is 1. The predicted octanol–water partition coefficient (Wildman–Crippen LogP) is 2.69. The maximum atomic E-state index is 12.1. The molecule has 0 aliphatic rings. The van der Waals surface area contributed by atoms with Gasteiger partial charge in [-0.1, -0.05) is 0 Å². The fourth-order valence-electron chi connectivity index (χ4n) is 2.12. The topological polar surface area (TPSA) is 86.5 Å². The first-order valence-electron chi connectivity index (χ1n) is 7.89. The van der Waals surface area contributed by atoms with Gasteiger partial charge in [-0.05, 0) is 48.3 Å². The lowest BCUT2D eigenvalue weighted by atomic mass is 10.2. The minimum Gasteiger partial charge on any atom is -0.493 e. The van der Waals surface area contributed by atoms with Crippen LogP contribution in [0, 0.1) is 0 Å². The normalized spacial score (nSPS) is 11.6. The molecule has 1 aromatic carbocycles. The Morgan fingerprint density at radius 3 is 2.72 bits per heavy atom. The number of benzene rings is 1. The number of nitrogens with one attached hydrogen (secondary N) is 1. The number of carbonyl (C=O) groups excluding carboxylic acids is 1. The van der Waals surface area contributed by atoms with Gasteiger partial charge in [0.15, 0.2) is 11.5 Å². The molecule has 1 aromatic heterocycles. The number of rotatable bonds is 9. The fourth-order valence-corrected chi connectivity index (χ4v) is 2.61. The summed E-state index contributed by atoms with van der Waals surface area (Å²) in [6, 6.07) is 8.48. The molecule has 7 heteroatoms. The zero-order chi connectivity index (χ0) is 18.1. The smallest absolute Gasteiger partial charge is 0.241 e. The zero-order valence-electron chi connectivity index (χ0n) is 14.4. The van der Waals surface area contributed by atoms with Crippen molar-refractivity contribution in [2.45, 2.75) is 19.1 Å². The molecular weight excluding hydrogens is 338 g/mol. The Kier molecular flexibility index (Phi) is 7.56. The van der Waals surface area contributed by atoms with E-state index in [1.165, 1.54) is 0 Å². The van der Waals surface area contributed by atoms with E-state index in [-0.39, 0.29) is 5.91 Å². The van der Waals surface area contributed by atoms with Gasteiger partial charge in [0.05, 0.1) is 13.2 Å². The average molecular weight is 361 g/mol. The van der Waals surface area contributed by atoms with Crippen LogP contribution in [0.15, 0.2) is 42.7 Å². The van der Waals surface area contributed by atoms with Crippen LogP contribution in [0.4, 0.5) is 5.69 Å². The first-order valence-corrected chi connectivity index (χ1v) is 9.28. The zero-order valence-corrected chi connectivity index (χ0v) is 15.2. The maximum absolute atomic E-state index is 12.1. The van der Waals surface area contributed by atoms with E-state index in [2.05, 4.69) is 10.3 Å². The summed E-state index contributed by atoms with van der Waals surface area (Å²) < 4.78 is 11.1. The van der Waals surface area contributed by atoms with Gasteiger partial charge in [0.1, 0.15) is 6.61 Å². The van der Waals surface area contributed by atoms with Gasteiger partial charge in [0, 0.05) is 24.1 Å². The number of thioether (sulfide) groups is 1. The van der Waals surface area contributed by atoms with Crippen LogP contribution in [0.2, 0.25) is 0 Å². The number of anilines is 1. The molecule has 2 rings (SSSR count). The molecule has 25 heavy (non-hydrogen) atoms. The van der Waals surface area contributed by atoms with Crippen molar-refractivity contribution in [3.63, 3.8) is 0 Å². The molecule has 6 nitrogen and oxygen atoms in total. The SMILES string of the molecule is COc1ccc(NC(=O)C(N)CCSC)cc1OCc1ccncc1. The molecule has 0 bridgehead atoms. The molecule has 1 unspecified atom stereocenters. The number of carbonyl (C=O) groups is 1. The Bertz CT molecular complexity index is 683. The lowest BCUT2D eigenvalue weighted by Crippen LogP contribution is -2.36. The Hall–Kier alpha value is -2.25. The number of ether oxygens (including phenoxy) is 2. The van der Waals surface area contributed by atoms with Crippen LogP contribution in [-0.4, -0.2) is 36.1 Å². The standard InChI is InChI=1S/C18H23N3O3S/c1-23-16-4-3-14(21-18(22)15(19)7-10-25-2)11-17(16)24-12-13-5-8-20-9-6-13/h3-6,8-9,11,15H,7,10,12,19H2,1-2H3,(H,21,22). The van der Waals surface area contributed by atoms with Crippen LogP contribution < -0.4 is 20.5 Å². The third-order valence-corrected chi connectivity index (χ3v) is 4.19. The summed E-state index contributed by atoms with van der Waals surface area (Å²) in [6.07, 6.45) is 6.04. The number of nitrogens with zero attached hydrogens (tertiary/aromatic N) is 1. The molecular formula is C18H23N3O3S. The first-order chi connectivity index (χ1) is 12.1. The quantitative estimate of drug-likeness (QED) is 0.714. The molecule has 2 aromatic rings. The molecule has 0 fully saturated rings. The summed E-state index contributed by atoms with van der Waals surface area (Å²) in [5.41, 5.74) is 7.50. The van der Waals surface area contributed by atoms with E-state index in [0.29, 0.717) is 30.2 Å². The Labute approximate surface area is 152 Å². The Morgan fingerprint density at radius 2 is 2.04 bits per heavy atom. The molecule has 1 atom stereocenters. The summed E-state index contributed by atoms with van der Waals surface area (Å²) in [6.45, 7) is 0.378. The molecule has 1 heterocycles. The molecule has 0 saturated heterocycles. The summed E-state index contributed by atoms with van der Waals surface area (Å²) in [7, 11) is 1.57. The van der Waals surface area contributed by atoms with Crippen LogP contribution >= 0.6 is 11.8 Å². The second-order valence-corrected chi connectivity index (χ2v) is 6.37. The van der Waals surface area contributed by atoms with E-state index >= 15 is 0 Å². The van der Waals surface area contributed by atoms with Crippen molar-refractivity contribution in [3.05, 3.63) is 48.3 Å². The van der Waals surface area contributed by atoms with Crippen LogP contribution in [0.3, 0.4) is 0 Å². The minimum atomic E-state index is -0.532. The third-order valence-electron chi connectivity index (χ3n) is 3.54. The van der Waals surface area contributed by atoms with Crippen molar-refractivity contribution in [1.82, 2.24) is 4.98 Å². The van der Waals surface area contributed by atoms with Crippen molar-refractivity contribution in [2.24, 2.45) is 5.73 Å². The van der Waals surface area contributed by atoms with Gasteiger partial charge in [0.2, 0.25) is 5.91 Å². The minimum absolute atomic E-state index is 0.209. The highest BCUT2D eigenvalue weighted by Gasteiger charge is 2.14. The maximum Gasteiger partial charge on any atom is 0.241 e. The second kappa shape index (κ2) is 9.90. The van der Waals surface area contributed by atoms with Crippen molar-refractivity contribution in [1.29, 1.82) is 0 Å². The molecule has 134 valence electrons. The van der Waals surface area contributed by atoms with Crippen LogP contribution in [0.25, 0.3) is 0 Å². The van der Waals surface area contributed by atoms with Gasteiger partial charge < -0.3 is 20.5 Å². The number of pyridine rings is 1. The predicted molar refractivity (Wildman–Crippen MR) is 101 cm³/mol. The number of hydrogen-bond acceptors (Lipinski definition) is 6. The van der Waals surface area contributed by atoms with Crippen molar-refractivity contribution < 1.29 is 14.3 Å². The number of aromatic nitrogens is 1. The van der Waals surface area contributed by atoms with Crippen LogP contribution in [0.1, 0.15) is 12.0 Å². The van der Waals surface area contributed by atoms with Crippen LogP contribution in [0.5, 0.6) is 11.5 Å². The van der Waals surface area contributed by atoms with Gasteiger partial charge in [0.25, 0.3) is 0 Å². The highest BCUT2D eigenvalue weighted by molar-refractivity contribution is 7.98. The Balaban J connectivity index is 2.04. The van der Waals surface area contributed by atoms with Gasteiger partial charge in [-0.15, -0.1) is 0 Å². The van der Waals surface area contributed by atoms with E-state index in [1.807, 2.05) is 18.4 Å². The molecule has 3 N–H and O–H groups in total. The largest absolute Gasteiger partial charge is 0.493 e. The van der Waals surface area contributed by atoms with E-state index in [4.69, 9.17) is 15.2 Å². The second-order valence-electron chi connectivity index (χ2n) is 5.39. The Morgan fingerprint density at radius 1 is 1.28 bits per heavy atom. The van der Waals surface area contributed by atoms with Crippen molar-refractivity contribution >= 4 is 23.4 Å². The number of amides is 1. The van der Waals surface area contributed by atoms with Gasteiger partial charge in [-0.2, -0.15) is 11.8 Å². The first kappa shape index (κ1) is 19.1. The highest BCUT2D eigenvalue weighted by atomic mass is 32.2. The summed E-state index contributed by atoms with van der Waals surface area (Å²) in [4.78, 5) is 16.1. The molecule has 0 radical (unpaired) electrons. The van der Waals surface area contributed by atoms with E-state index in [0.717, 1.165) is 11.3 Å². The average Bonchev–Trinajstić information content (AvgIpc) is 2.65. The number of hydrogen-bond donors (Lipinski definition) is 2. The summed E-state index contributed by atoms with van der Waals surface area (Å²) in [5.74, 6) is 1.78. The lowest BCUT2D eigenvalue weighted by Gasteiger charge is -2.15. The summed E-state index contributed by atoms with van der Waals surface area (Å²) >= 11 is 1.66. The van der Waals surface area contributed by atoms with Gasteiger partial charge in [-0.25, -0.2) is 0 Å². The van der Waals surface area contributed by atoms with Gasteiger partial charge >= 0.3 is 0 Å².